The molecule has 7 nitrogen and oxygen atoms in total. The molecule has 2 aromatic heterocycles. The quantitative estimate of drug-likeness (QED) is 0.698. The number of para-hydroxylation sites is 1. The van der Waals surface area contributed by atoms with Crippen LogP contribution >= 0.6 is 0 Å². The van der Waals surface area contributed by atoms with Crippen molar-refractivity contribution in [2.45, 2.75) is 45.2 Å². The van der Waals surface area contributed by atoms with Crippen molar-refractivity contribution in [1.29, 1.82) is 0 Å². The number of amides is 1. The molecule has 1 aromatic carbocycles. The molecule has 2 unspecified atom stereocenters. The van der Waals surface area contributed by atoms with Gasteiger partial charge in [-0.3, -0.25) is 18.7 Å². The van der Waals surface area contributed by atoms with E-state index in [1.165, 1.54) is 17.3 Å². The molecule has 146 valence electrons. The molecule has 0 aliphatic heterocycles. The van der Waals surface area contributed by atoms with E-state index in [4.69, 9.17) is 0 Å². The van der Waals surface area contributed by atoms with Crippen molar-refractivity contribution in [1.82, 2.24) is 24.0 Å². The van der Waals surface area contributed by atoms with E-state index in [0.717, 1.165) is 24.9 Å². The normalized spacial score (nSPS) is 19.6. The second kappa shape index (κ2) is 7.58. The van der Waals surface area contributed by atoms with Crippen LogP contribution in [0.2, 0.25) is 0 Å². The summed E-state index contributed by atoms with van der Waals surface area (Å²) in [5.41, 5.74) is 1.36. The number of carbonyl (C=O) groups is 1. The molecule has 1 saturated carbocycles. The summed E-state index contributed by atoms with van der Waals surface area (Å²) < 4.78 is 3.13. The predicted octanol–water partition coefficient (Wildman–Crippen LogP) is 2.62. The zero-order chi connectivity index (χ0) is 19.7. The van der Waals surface area contributed by atoms with Gasteiger partial charge < -0.3 is 4.90 Å². The van der Waals surface area contributed by atoms with Crippen LogP contribution in [0.1, 0.15) is 32.6 Å². The van der Waals surface area contributed by atoms with E-state index in [2.05, 4.69) is 16.9 Å². The summed E-state index contributed by atoms with van der Waals surface area (Å²) in [6.45, 7) is 2.18. The van der Waals surface area contributed by atoms with E-state index >= 15 is 0 Å². The standard InChI is InChI=1S/C21H25N5O2/c1-15-8-6-7-11-17(15)24(2)18(27)12-25-13-23-20-19(21(25)28)22-14-26(20)16-9-4-3-5-10-16/h3-5,9-10,13-15,17H,6-8,11-12H2,1-2H3. The van der Waals surface area contributed by atoms with Crippen LogP contribution in [-0.4, -0.2) is 43.0 Å². The SMILES string of the molecule is CC1CCCCC1N(C)C(=O)Cn1cnc2c(ncn2-c2ccccc2)c1=O. The third-order valence-corrected chi connectivity index (χ3v) is 5.82. The number of benzene rings is 1. The highest BCUT2D eigenvalue weighted by Gasteiger charge is 2.28. The zero-order valence-electron chi connectivity index (χ0n) is 16.3. The van der Waals surface area contributed by atoms with E-state index in [0.29, 0.717) is 11.6 Å². The molecule has 7 heteroatoms. The first kappa shape index (κ1) is 18.4. The number of imidazole rings is 1. The van der Waals surface area contributed by atoms with Crippen molar-refractivity contribution >= 4 is 17.1 Å². The molecule has 3 aromatic rings. The van der Waals surface area contributed by atoms with Crippen molar-refractivity contribution < 1.29 is 4.79 Å². The fraction of sp³-hybridized carbons (Fsp3) is 0.429. The summed E-state index contributed by atoms with van der Waals surface area (Å²) in [4.78, 5) is 36.1. The number of hydrogen-bond donors (Lipinski definition) is 0. The Hall–Kier alpha value is -2.96. The molecule has 0 bridgehead atoms. The summed E-state index contributed by atoms with van der Waals surface area (Å²) in [5.74, 6) is 0.422. The number of carbonyl (C=O) groups excluding carboxylic acids is 1. The van der Waals surface area contributed by atoms with Gasteiger partial charge in [-0.05, 0) is 30.9 Å². The Morgan fingerprint density at radius 1 is 1.14 bits per heavy atom. The number of nitrogens with zero attached hydrogens (tertiary/aromatic N) is 5. The average Bonchev–Trinajstić information content (AvgIpc) is 3.15. The number of fused-ring (bicyclic) bond motifs is 1. The maximum Gasteiger partial charge on any atom is 0.282 e. The van der Waals surface area contributed by atoms with E-state index in [9.17, 15) is 9.59 Å². The lowest BCUT2D eigenvalue weighted by molar-refractivity contribution is -0.134. The van der Waals surface area contributed by atoms with Crippen LogP contribution < -0.4 is 5.56 Å². The van der Waals surface area contributed by atoms with E-state index in [1.807, 2.05) is 42.3 Å². The molecule has 1 aliphatic carbocycles. The summed E-state index contributed by atoms with van der Waals surface area (Å²) in [5, 5.41) is 0. The summed E-state index contributed by atoms with van der Waals surface area (Å²) >= 11 is 0. The summed E-state index contributed by atoms with van der Waals surface area (Å²) in [7, 11) is 1.84. The largest absolute Gasteiger partial charge is 0.341 e. The third-order valence-electron chi connectivity index (χ3n) is 5.82. The number of hydrogen-bond acceptors (Lipinski definition) is 4. The van der Waals surface area contributed by atoms with Crippen LogP contribution in [0.15, 0.2) is 47.8 Å². The second-order valence-corrected chi connectivity index (χ2v) is 7.63. The zero-order valence-corrected chi connectivity index (χ0v) is 16.3. The van der Waals surface area contributed by atoms with Gasteiger partial charge in [-0.1, -0.05) is 38.0 Å². The molecule has 1 fully saturated rings. The average molecular weight is 379 g/mol. The van der Waals surface area contributed by atoms with E-state index in [-0.39, 0.29) is 29.6 Å². The molecule has 0 spiro atoms. The maximum atomic E-state index is 12.8. The van der Waals surface area contributed by atoms with Crippen LogP contribution in [0.4, 0.5) is 0 Å². The Labute approximate surface area is 163 Å². The maximum absolute atomic E-state index is 12.8. The smallest absolute Gasteiger partial charge is 0.282 e. The lowest BCUT2D eigenvalue weighted by atomic mass is 9.85. The Morgan fingerprint density at radius 2 is 1.89 bits per heavy atom. The van der Waals surface area contributed by atoms with Crippen LogP contribution in [-0.2, 0) is 11.3 Å². The molecule has 1 aliphatic rings. The summed E-state index contributed by atoms with van der Waals surface area (Å²) in [6, 6.07) is 9.87. The molecule has 2 atom stereocenters. The molecule has 0 saturated heterocycles. The first-order valence-corrected chi connectivity index (χ1v) is 9.80. The summed E-state index contributed by atoms with van der Waals surface area (Å²) in [6.07, 6.45) is 7.59. The monoisotopic (exact) mass is 379 g/mol. The fourth-order valence-electron chi connectivity index (χ4n) is 4.13. The minimum absolute atomic E-state index is 0.0142. The van der Waals surface area contributed by atoms with Crippen molar-refractivity contribution in [3.8, 4) is 5.69 Å². The first-order chi connectivity index (χ1) is 13.6. The highest BCUT2D eigenvalue weighted by molar-refractivity contribution is 5.77. The van der Waals surface area contributed by atoms with Crippen molar-refractivity contribution in [2.75, 3.05) is 7.05 Å². The fourth-order valence-corrected chi connectivity index (χ4v) is 4.13. The van der Waals surface area contributed by atoms with Crippen molar-refractivity contribution in [3.63, 3.8) is 0 Å². The minimum Gasteiger partial charge on any atom is -0.341 e. The molecule has 28 heavy (non-hydrogen) atoms. The Balaban J connectivity index is 1.59. The predicted molar refractivity (Wildman–Crippen MR) is 107 cm³/mol. The Kier molecular flexibility index (Phi) is 4.98. The highest BCUT2D eigenvalue weighted by atomic mass is 16.2. The third kappa shape index (κ3) is 3.32. The van der Waals surface area contributed by atoms with Gasteiger partial charge in [0.2, 0.25) is 5.91 Å². The number of aromatic nitrogens is 4. The topological polar surface area (TPSA) is 73.0 Å². The Morgan fingerprint density at radius 3 is 2.64 bits per heavy atom. The van der Waals surface area contributed by atoms with Crippen molar-refractivity contribution in [3.05, 3.63) is 53.3 Å². The van der Waals surface area contributed by atoms with Gasteiger partial charge in [0, 0.05) is 18.8 Å². The van der Waals surface area contributed by atoms with Crippen LogP contribution in [0, 0.1) is 5.92 Å². The van der Waals surface area contributed by atoms with Gasteiger partial charge in [0.25, 0.3) is 5.56 Å². The number of likely N-dealkylation sites (N-methyl/N-ethyl adjacent to an activating group) is 1. The van der Waals surface area contributed by atoms with Crippen LogP contribution in [0.5, 0.6) is 0 Å². The van der Waals surface area contributed by atoms with E-state index < -0.39 is 0 Å². The Bertz CT molecular complexity index is 1040. The van der Waals surface area contributed by atoms with E-state index in [1.54, 1.807) is 10.9 Å². The lowest BCUT2D eigenvalue weighted by Crippen LogP contribution is -2.44. The van der Waals surface area contributed by atoms with Crippen molar-refractivity contribution in [2.24, 2.45) is 5.92 Å². The van der Waals surface area contributed by atoms with Gasteiger partial charge in [0.05, 0.1) is 0 Å². The molecule has 1 amide bonds. The highest BCUT2D eigenvalue weighted by Crippen LogP contribution is 2.27. The molecule has 0 N–H and O–H groups in total. The molecular weight excluding hydrogens is 354 g/mol. The molecular formula is C21H25N5O2. The molecule has 2 heterocycles. The van der Waals surface area contributed by atoms with Crippen LogP contribution in [0.3, 0.4) is 0 Å². The van der Waals surface area contributed by atoms with Gasteiger partial charge in [-0.15, -0.1) is 0 Å². The van der Waals surface area contributed by atoms with Gasteiger partial charge in [0.15, 0.2) is 11.2 Å². The first-order valence-electron chi connectivity index (χ1n) is 9.80. The van der Waals surface area contributed by atoms with Gasteiger partial charge in [-0.2, -0.15) is 0 Å². The minimum atomic E-state index is -0.293. The lowest BCUT2D eigenvalue weighted by Gasteiger charge is -2.36. The van der Waals surface area contributed by atoms with Gasteiger partial charge >= 0.3 is 0 Å². The van der Waals surface area contributed by atoms with Crippen LogP contribution in [0.25, 0.3) is 16.9 Å². The van der Waals surface area contributed by atoms with Gasteiger partial charge in [-0.25, -0.2) is 9.97 Å². The molecule has 4 rings (SSSR count). The second-order valence-electron chi connectivity index (χ2n) is 7.63. The number of rotatable bonds is 4. The van der Waals surface area contributed by atoms with Gasteiger partial charge in [0.1, 0.15) is 19.2 Å². The molecule has 0 radical (unpaired) electrons.